The Morgan fingerprint density at radius 2 is 1.64 bits per heavy atom. The highest BCUT2D eigenvalue weighted by molar-refractivity contribution is 5.16. The van der Waals surface area contributed by atoms with E-state index in [4.69, 9.17) is 5.26 Å². The zero-order valence-corrected chi connectivity index (χ0v) is 15.2. The molecule has 25 heavy (non-hydrogen) atoms. The zero-order valence-electron chi connectivity index (χ0n) is 15.2. The molecule has 0 amide bonds. The fourth-order valence-electron chi connectivity index (χ4n) is 3.83. The molecule has 0 atom stereocenters. The van der Waals surface area contributed by atoms with Crippen LogP contribution in [-0.4, -0.2) is 0 Å². The average molecular weight is 339 g/mol. The van der Waals surface area contributed by atoms with E-state index in [1.807, 2.05) is 30.4 Å². The van der Waals surface area contributed by atoms with Gasteiger partial charge in [-0.2, -0.15) is 5.26 Å². The lowest BCUT2D eigenvalue weighted by Crippen LogP contribution is -2.14. The minimum atomic E-state index is -0.144. The van der Waals surface area contributed by atoms with Gasteiger partial charge in [0.1, 0.15) is 5.82 Å². The van der Waals surface area contributed by atoms with Gasteiger partial charge in [0.25, 0.3) is 0 Å². The van der Waals surface area contributed by atoms with Crippen molar-refractivity contribution in [3.05, 3.63) is 60.0 Å². The van der Waals surface area contributed by atoms with Crippen LogP contribution in [0.2, 0.25) is 0 Å². The number of hydrogen-bond acceptors (Lipinski definition) is 1. The van der Waals surface area contributed by atoms with Gasteiger partial charge in [-0.3, -0.25) is 0 Å². The number of allylic oxidation sites excluding steroid dienone is 4. The molecule has 1 aliphatic carbocycles. The number of nitriles is 1. The Bertz CT molecular complexity index is 571. The van der Waals surface area contributed by atoms with Gasteiger partial charge in [-0.1, -0.05) is 68.9 Å². The van der Waals surface area contributed by atoms with Crippen LogP contribution in [0.1, 0.15) is 63.4 Å². The van der Waals surface area contributed by atoms with E-state index in [9.17, 15) is 4.39 Å². The van der Waals surface area contributed by atoms with Crippen LogP contribution in [0.3, 0.4) is 0 Å². The average Bonchev–Trinajstić information content (AvgIpc) is 2.64. The van der Waals surface area contributed by atoms with Gasteiger partial charge in [0.15, 0.2) is 0 Å². The SMILES string of the molecule is N#CC=CC=CCC[C@H]1CC[C@H](CCCCc2ccc(F)cc2)CC1. The fourth-order valence-corrected chi connectivity index (χ4v) is 3.83. The summed E-state index contributed by atoms with van der Waals surface area (Å²) in [5.41, 5.74) is 1.25. The molecule has 1 aromatic rings. The number of benzene rings is 1. The van der Waals surface area contributed by atoms with E-state index in [-0.39, 0.29) is 5.82 Å². The third-order valence-electron chi connectivity index (χ3n) is 5.37. The molecular formula is C23H30FN. The Morgan fingerprint density at radius 3 is 2.32 bits per heavy atom. The van der Waals surface area contributed by atoms with Gasteiger partial charge in [0, 0.05) is 6.08 Å². The van der Waals surface area contributed by atoms with Crippen LogP contribution in [0.15, 0.2) is 48.6 Å². The Balaban J connectivity index is 1.52. The molecule has 0 N–H and O–H groups in total. The molecule has 0 heterocycles. The first-order valence-corrected chi connectivity index (χ1v) is 9.73. The first-order valence-electron chi connectivity index (χ1n) is 9.73. The molecule has 2 rings (SSSR count). The highest BCUT2D eigenvalue weighted by Gasteiger charge is 2.20. The molecule has 0 spiro atoms. The van der Waals surface area contributed by atoms with Crippen molar-refractivity contribution in [2.45, 2.75) is 64.2 Å². The van der Waals surface area contributed by atoms with Crippen molar-refractivity contribution in [1.29, 1.82) is 5.26 Å². The predicted molar refractivity (Wildman–Crippen MR) is 103 cm³/mol. The van der Waals surface area contributed by atoms with E-state index in [0.717, 1.165) is 24.7 Å². The molecule has 0 saturated heterocycles. The summed E-state index contributed by atoms with van der Waals surface area (Å²) in [6.45, 7) is 0. The Morgan fingerprint density at radius 1 is 0.960 bits per heavy atom. The molecular weight excluding hydrogens is 309 g/mol. The van der Waals surface area contributed by atoms with Crippen LogP contribution in [0.4, 0.5) is 4.39 Å². The van der Waals surface area contributed by atoms with Crippen LogP contribution in [-0.2, 0) is 6.42 Å². The minimum absolute atomic E-state index is 0.144. The summed E-state index contributed by atoms with van der Waals surface area (Å²) < 4.78 is 12.9. The molecule has 134 valence electrons. The quantitative estimate of drug-likeness (QED) is 0.277. The highest BCUT2D eigenvalue weighted by atomic mass is 19.1. The van der Waals surface area contributed by atoms with Gasteiger partial charge in [0.05, 0.1) is 6.07 Å². The Hall–Kier alpha value is -1.88. The number of nitrogens with zero attached hydrogens (tertiary/aromatic N) is 1. The summed E-state index contributed by atoms with van der Waals surface area (Å²) in [5, 5.41) is 8.41. The van der Waals surface area contributed by atoms with Crippen LogP contribution in [0.25, 0.3) is 0 Å². The van der Waals surface area contributed by atoms with E-state index in [0.29, 0.717) is 0 Å². The third-order valence-corrected chi connectivity index (χ3v) is 5.37. The van der Waals surface area contributed by atoms with Crippen LogP contribution >= 0.6 is 0 Å². The van der Waals surface area contributed by atoms with E-state index < -0.39 is 0 Å². The molecule has 0 radical (unpaired) electrons. The minimum Gasteiger partial charge on any atom is -0.207 e. The molecule has 0 aliphatic heterocycles. The van der Waals surface area contributed by atoms with Crippen molar-refractivity contribution in [2.24, 2.45) is 11.8 Å². The molecule has 1 nitrogen and oxygen atoms in total. The van der Waals surface area contributed by atoms with Crippen LogP contribution < -0.4 is 0 Å². The third kappa shape index (κ3) is 8.16. The second kappa shape index (κ2) is 11.6. The summed E-state index contributed by atoms with van der Waals surface area (Å²) in [6.07, 6.45) is 20.4. The second-order valence-corrected chi connectivity index (χ2v) is 7.25. The van der Waals surface area contributed by atoms with E-state index in [2.05, 4.69) is 6.08 Å². The number of halogens is 1. The summed E-state index contributed by atoms with van der Waals surface area (Å²) in [4.78, 5) is 0. The Kier molecular flexibility index (Phi) is 9.05. The first-order chi connectivity index (χ1) is 12.3. The lowest BCUT2D eigenvalue weighted by molar-refractivity contribution is 0.250. The van der Waals surface area contributed by atoms with Gasteiger partial charge in [0.2, 0.25) is 0 Å². The summed E-state index contributed by atoms with van der Waals surface area (Å²) >= 11 is 0. The molecule has 1 aromatic carbocycles. The topological polar surface area (TPSA) is 23.8 Å². The molecule has 0 unspecified atom stereocenters. The van der Waals surface area contributed by atoms with Crippen molar-refractivity contribution in [3.63, 3.8) is 0 Å². The molecule has 2 heteroatoms. The van der Waals surface area contributed by atoms with Crippen molar-refractivity contribution in [2.75, 3.05) is 0 Å². The molecule has 1 fully saturated rings. The van der Waals surface area contributed by atoms with E-state index in [1.165, 1.54) is 63.0 Å². The molecule has 1 saturated carbocycles. The molecule has 0 bridgehead atoms. The van der Waals surface area contributed by atoms with Crippen molar-refractivity contribution >= 4 is 0 Å². The number of unbranched alkanes of at least 4 members (excludes halogenated alkanes) is 1. The maximum atomic E-state index is 12.9. The zero-order chi connectivity index (χ0) is 17.7. The fraction of sp³-hybridized carbons (Fsp3) is 0.522. The predicted octanol–water partition coefficient (Wildman–Crippen LogP) is 6.76. The largest absolute Gasteiger partial charge is 0.207 e. The van der Waals surface area contributed by atoms with Crippen molar-refractivity contribution in [1.82, 2.24) is 0 Å². The van der Waals surface area contributed by atoms with Gasteiger partial charge in [-0.15, -0.1) is 0 Å². The maximum absolute atomic E-state index is 12.9. The lowest BCUT2D eigenvalue weighted by atomic mass is 9.78. The number of rotatable bonds is 9. The van der Waals surface area contributed by atoms with Gasteiger partial charge in [-0.25, -0.2) is 4.39 Å². The smallest absolute Gasteiger partial charge is 0.123 e. The van der Waals surface area contributed by atoms with Crippen LogP contribution in [0.5, 0.6) is 0 Å². The van der Waals surface area contributed by atoms with Gasteiger partial charge < -0.3 is 0 Å². The lowest BCUT2D eigenvalue weighted by Gasteiger charge is -2.28. The van der Waals surface area contributed by atoms with Gasteiger partial charge >= 0.3 is 0 Å². The standard InChI is InChI=1S/C23H30FN/c24-23-17-15-22(16-18-23)10-6-5-9-21-13-11-20(12-14-21)8-4-2-1-3-7-19-25/h1-3,7,15-18,20-21H,4-6,8-14H2/t20-,21-. The van der Waals surface area contributed by atoms with Gasteiger partial charge in [-0.05, 0) is 55.2 Å². The van der Waals surface area contributed by atoms with Crippen molar-refractivity contribution < 1.29 is 4.39 Å². The van der Waals surface area contributed by atoms with E-state index >= 15 is 0 Å². The van der Waals surface area contributed by atoms with E-state index in [1.54, 1.807) is 12.1 Å². The Labute approximate surface area is 152 Å². The monoisotopic (exact) mass is 339 g/mol. The summed E-state index contributed by atoms with van der Waals surface area (Å²) in [7, 11) is 0. The summed E-state index contributed by atoms with van der Waals surface area (Å²) in [6, 6.07) is 8.94. The number of hydrogen-bond donors (Lipinski definition) is 0. The summed E-state index contributed by atoms with van der Waals surface area (Å²) in [5.74, 6) is 1.66. The van der Waals surface area contributed by atoms with Crippen molar-refractivity contribution in [3.8, 4) is 6.07 Å². The number of aryl methyl sites for hydroxylation is 1. The van der Waals surface area contributed by atoms with Crippen LogP contribution in [0, 0.1) is 29.0 Å². The molecule has 1 aliphatic rings. The first kappa shape index (κ1) is 19.4. The second-order valence-electron chi connectivity index (χ2n) is 7.25. The highest BCUT2D eigenvalue weighted by Crippen LogP contribution is 2.34. The maximum Gasteiger partial charge on any atom is 0.123 e. The normalized spacial score (nSPS) is 21.0. The molecule has 0 aromatic heterocycles.